The Kier molecular flexibility index (Phi) is 5.90. The molecule has 0 radical (unpaired) electrons. The van der Waals surface area contributed by atoms with Crippen LogP contribution in [0.1, 0.15) is 45.2 Å². The van der Waals surface area contributed by atoms with Crippen LogP contribution >= 0.6 is 0 Å². The molecule has 1 N–H and O–H groups in total. The van der Waals surface area contributed by atoms with Gasteiger partial charge in [-0.1, -0.05) is 25.5 Å². The summed E-state index contributed by atoms with van der Waals surface area (Å²) in [6.45, 7) is 7.36. The van der Waals surface area contributed by atoms with Gasteiger partial charge in [-0.05, 0) is 44.4 Å². The van der Waals surface area contributed by atoms with Crippen molar-refractivity contribution in [1.82, 2.24) is 18.7 Å². The third-order valence-corrected chi connectivity index (χ3v) is 6.20. The van der Waals surface area contributed by atoms with Gasteiger partial charge >= 0.3 is 5.69 Å². The van der Waals surface area contributed by atoms with E-state index in [0.717, 1.165) is 22.4 Å². The second-order valence-corrected chi connectivity index (χ2v) is 8.43. The Labute approximate surface area is 187 Å². The molecule has 0 aliphatic carbocycles. The lowest BCUT2D eigenvalue weighted by Crippen LogP contribution is -2.39. The van der Waals surface area contributed by atoms with Gasteiger partial charge in [0.2, 0.25) is 5.95 Å². The number of imidazole rings is 1. The average molecular weight is 438 g/mol. The molecule has 1 aliphatic heterocycles. The molecule has 0 fully saturated rings. The quantitative estimate of drug-likeness (QED) is 0.614. The van der Waals surface area contributed by atoms with Crippen molar-refractivity contribution in [3.05, 3.63) is 50.7 Å². The molecule has 1 atom stereocenters. The Morgan fingerprint density at radius 1 is 1.09 bits per heavy atom. The minimum atomic E-state index is -0.390. The van der Waals surface area contributed by atoms with Gasteiger partial charge in [0.25, 0.3) is 5.56 Å². The molecule has 9 heteroatoms. The number of hydrogen-bond donors (Lipinski definition) is 1. The highest BCUT2D eigenvalue weighted by Crippen LogP contribution is 2.29. The molecular weight excluding hydrogens is 406 g/mol. The largest absolute Gasteiger partial charge is 0.383 e. The summed E-state index contributed by atoms with van der Waals surface area (Å²) >= 11 is 0. The topological polar surface area (TPSA) is 89.5 Å². The number of rotatable bonds is 7. The van der Waals surface area contributed by atoms with E-state index < -0.39 is 0 Å². The average Bonchev–Trinajstić information content (AvgIpc) is 3.20. The number of nitrogens with one attached hydrogen (secondary N) is 1. The molecular formula is C23H31N7O2. The summed E-state index contributed by atoms with van der Waals surface area (Å²) in [5.74, 6) is 0.577. The van der Waals surface area contributed by atoms with Crippen LogP contribution in [0.3, 0.4) is 0 Å². The Morgan fingerprint density at radius 2 is 1.81 bits per heavy atom. The number of aromatic nitrogens is 4. The van der Waals surface area contributed by atoms with Gasteiger partial charge in [-0.25, -0.2) is 9.80 Å². The molecule has 9 nitrogen and oxygen atoms in total. The Hall–Kier alpha value is -3.36. The van der Waals surface area contributed by atoms with Crippen molar-refractivity contribution in [1.29, 1.82) is 0 Å². The van der Waals surface area contributed by atoms with Crippen LogP contribution in [-0.4, -0.2) is 37.5 Å². The molecule has 170 valence electrons. The lowest BCUT2D eigenvalue weighted by Gasteiger charge is -2.29. The normalized spacial score (nSPS) is 15.7. The van der Waals surface area contributed by atoms with E-state index in [4.69, 9.17) is 5.10 Å². The summed E-state index contributed by atoms with van der Waals surface area (Å²) in [6, 6.07) is 8.41. The van der Waals surface area contributed by atoms with Crippen LogP contribution in [0.4, 0.5) is 11.6 Å². The first-order valence-corrected chi connectivity index (χ1v) is 11.2. The predicted molar refractivity (Wildman–Crippen MR) is 129 cm³/mol. The third kappa shape index (κ3) is 3.72. The zero-order valence-electron chi connectivity index (χ0n) is 19.4. The molecule has 0 amide bonds. The highest BCUT2D eigenvalue weighted by molar-refractivity contribution is 5.91. The molecule has 3 heterocycles. The van der Waals surface area contributed by atoms with Crippen LogP contribution in [0.25, 0.3) is 11.2 Å². The first-order valence-electron chi connectivity index (χ1n) is 11.2. The summed E-state index contributed by atoms with van der Waals surface area (Å²) in [6.07, 6.45) is 3.50. The molecule has 0 saturated carbocycles. The zero-order valence-corrected chi connectivity index (χ0v) is 19.4. The highest BCUT2D eigenvalue weighted by atomic mass is 16.2. The standard InChI is InChI=1S/C23H31N7O2/c1-6-7-8-17-9-11-18(12-10-17)24-13-14-29-22-25-20-19(30(22)16(3)15(2)26-29)21(31)28(5)23(32)27(20)4/h9-12,16,24H,6-8,13-14H2,1-5H3. The van der Waals surface area contributed by atoms with Gasteiger partial charge in [0.15, 0.2) is 11.2 Å². The maximum Gasteiger partial charge on any atom is 0.332 e. The zero-order chi connectivity index (χ0) is 23.0. The van der Waals surface area contributed by atoms with E-state index >= 15 is 0 Å². The van der Waals surface area contributed by atoms with Gasteiger partial charge in [-0.15, -0.1) is 0 Å². The number of aryl methyl sites for hydroxylation is 2. The van der Waals surface area contributed by atoms with Crippen LogP contribution in [0.15, 0.2) is 39.0 Å². The molecule has 0 spiro atoms. The minimum absolute atomic E-state index is 0.125. The van der Waals surface area contributed by atoms with Crippen molar-refractivity contribution in [2.24, 2.45) is 19.2 Å². The van der Waals surface area contributed by atoms with E-state index in [0.29, 0.717) is 30.2 Å². The van der Waals surface area contributed by atoms with Crippen molar-refractivity contribution >= 4 is 28.5 Å². The number of unbranched alkanes of at least 4 members (excludes halogenated alkanes) is 1. The van der Waals surface area contributed by atoms with E-state index in [2.05, 4.69) is 41.5 Å². The van der Waals surface area contributed by atoms with Crippen molar-refractivity contribution in [3.63, 3.8) is 0 Å². The monoisotopic (exact) mass is 437 g/mol. The predicted octanol–water partition coefficient (Wildman–Crippen LogP) is 2.65. The second-order valence-electron chi connectivity index (χ2n) is 8.43. The van der Waals surface area contributed by atoms with Crippen LogP contribution in [0.2, 0.25) is 0 Å². The first kappa shape index (κ1) is 21.9. The number of hydrogen-bond acceptors (Lipinski definition) is 6. The number of hydrazone groups is 1. The molecule has 3 aromatic rings. The maximum atomic E-state index is 12.9. The summed E-state index contributed by atoms with van der Waals surface area (Å²) in [5.41, 5.74) is 3.36. The molecule has 2 aromatic heterocycles. The van der Waals surface area contributed by atoms with E-state index in [1.54, 1.807) is 7.05 Å². The van der Waals surface area contributed by atoms with Gasteiger partial charge in [-0.3, -0.25) is 18.5 Å². The number of nitrogens with zero attached hydrogens (tertiary/aromatic N) is 6. The molecule has 0 saturated heterocycles. The second kappa shape index (κ2) is 8.64. The Bertz CT molecular complexity index is 1280. The fourth-order valence-electron chi connectivity index (χ4n) is 4.08. The number of benzene rings is 1. The van der Waals surface area contributed by atoms with E-state index in [-0.39, 0.29) is 17.3 Å². The smallest absolute Gasteiger partial charge is 0.332 e. The van der Waals surface area contributed by atoms with Gasteiger partial charge in [-0.2, -0.15) is 10.1 Å². The fraction of sp³-hybridized carbons (Fsp3) is 0.478. The van der Waals surface area contributed by atoms with E-state index in [1.165, 1.54) is 30.0 Å². The summed E-state index contributed by atoms with van der Waals surface area (Å²) in [4.78, 5) is 29.9. The summed E-state index contributed by atoms with van der Waals surface area (Å²) < 4.78 is 4.43. The molecule has 1 aromatic carbocycles. The van der Waals surface area contributed by atoms with E-state index in [1.807, 2.05) is 23.4 Å². The minimum Gasteiger partial charge on any atom is -0.383 e. The van der Waals surface area contributed by atoms with Crippen LogP contribution in [0.5, 0.6) is 0 Å². The molecule has 32 heavy (non-hydrogen) atoms. The van der Waals surface area contributed by atoms with Crippen LogP contribution in [0, 0.1) is 0 Å². The van der Waals surface area contributed by atoms with Gasteiger partial charge in [0.05, 0.1) is 18.3 Å². The van der Waals surface area contributed by atoms with Crippen LogP contribution in [-0.2, 0) is 20.5 Å². The van der Waals surface area contributed by atoms with Crippen molar-refractivity contribution < 1.29 is 0 Å². The van der Waals surface area contributed by atoms with Gasteiger partial charge < -0.3 is 5.32 Å². The SMILES string of the molecule is CCCCc1ccc(NCCN2N=C(C)C(C)n3c2nc2c3c(=O)n(C)c(=O)n2C)cc1. The summed E-state index contributed by atoms with van der Waals surface area (Å²) in [7, 11) is 3.13. The van der Waals surface area contributed by atoms with Gasteiger partial charge in [0.1, 0.15) is 0 Å². The molecule has 4 rings (SSSR count). The lowest BCUT2D eigenvalue weighted by molar-refractivity contribution is 0.638. The molecule has 1 unspecified atom stereocenters. The van der Waals surface area contributed by atoms with E-state index in [9.17, 15) is 9.59 Å². The van der Waals surface area contributed by atoms with Crippen molar-refractivity contribution in [2.45, 2.75) is 46.1 Å². The molecule has 1 aliphatic rings. The third-order valence-electron chi connectivity index (χ3n) is 6.20. The lowest BCUT2D eigenvalue weighted by atomic mass is 10.1. The van der Waals surface area contributed by atoms with Gasteiger partial charge in [0, 0.05) is 26.3 Å². The number of anilines is 2. The maximum absolute atomic E-state index is 12.9. The fourth-order valence-corrected chi connectivity index (χ4v) is 4.08. The summed E-state index contributed by atoms with van der Waals surface area (Å²) in [5, 5.41) is 9.96. The highest BCUT2D eigenvalue weighted by Gasteiger charge is 2.30. The van der Waals surface area contributed by atoms with Crippen LogP contribution < -0.4 is 21.6 Å². The first-order chi connectivity index (χ1) is 15.3. The van der Waals surface area contributed by atoms with Crippen molar-refractivity contribution in [2.75, 3.05) is 23.4 Å². The molecule has 0 bridgehead atoms. The Balaban J connectivity index is 1.59. The Morgan fingerprint density at radius 3 is 2.50 bits per heavy atom. The van der Waals surface area contributed by atoms with Crippen molar-refractivity contribution in [3.8, 4) is 0 Å². The number of fused-ring (bicyclic) bond motifs is 3.